The Morgan fingerprint density at radius 2 is 1.82 bits per heavy atom. The van der Waals surface area contributed by atoms with Gasteiger partial charge in [0.25, 0.3) is 0 Å². The number of amides is 2. The highest BCUT2D eigenvalue weighted by Gasteiger charge is 2.55. The number of ketones is 1. The number of allylic oxidation sites excluding steroid dienone is 1. The zero-order valence-corrected chi connectivity index (χ0v) is 22.4. The van der Waals surface area contributed by atoms with Gasteiger partial charge in [0.05, 0.1) is 6.54 Å². The molecule has 8 nitrogen and oxygen atoms in total. The van der Waals surface area contributed by atoms with Gasteiger partial charge in [-0.1, -0.05) is 6.07 Å². The summed E-state index contributed by atoms with van der Waals surface area (Å²) in [6.07, 6.45) is 8.70. The van der Waals surface area contributed by atoms with Crippen LogP contribution in [0.5, 0.6) is 0 Å². The van der Waals surface area contributed by atoms with Gasteiger partial charge in [-0.3, -0.25) is 14.4 Å². The summed E-state index contributed by atoms with van der Waals surface area (Å²) >= 11 is 0. The molecule has 3 atom stereocenters. The second-order valence-electron chi connectivity index (χ2n) is 11.2. The molecule has 1 aromatic carbocycles. The predicted molar refractivity (Wildman–Crippen MR) is 144 cm³/mol. The lowest BCUT2D eigenvalue weighted by atomic mass is 10.0. The summed E-state index contributed by atoms with van der Waals surface area (Å²) in [5.74, 6) is 0.438. The molecule has 2 aromatic heterocycles. The molecule has 0 radical (unpaired) electrons. The van der Waals surface area contributed by atoms with E-state index < -0.39 is 6.04 Å². The van der Waals surface area contributed by atoms with Crippen molar-refractivity contribution in [1.29, 1.82) is 0 Å². The fraction of sp³-hybridized carbons (Fsp3) is 0.433. The summed E-state index contributed by atoms with van der Waals surface area (Å²) in [4.78, 5) is 49.4. The fourth-order valence-corrected chi connectivity index (χ4v) is 5.87. The Kier molecular flexibility index (Phi) is 6.32. The number of rotatable bonds is 8. The Morgan fingerprint density at radius 3 is 2.51 bits per heavy atom. The van der Waals surface area contributed by atoms with Crippen LogP contribution in [-0.4, -0.2) is 55.7 Å². The second kappa shape index (κ2) is 9.70. The van der Waals surface area contributed by atoms with Gasteiger partial charge < -0.3 is 14.8 Å². The number of fused-ring (bicyclic) bond motifs is 2. The van der Waals surface area contributed by atoms with E-state index in [1.807, 2.05) is 25.1 Å². The van der Waals surface area contributed by atoms with Crippen LogP contribution in [0.2, 0.25) is 0 Å². The lowest BCUT2D eigenvalue weighted by Gasteiger charge is -2.27. The number of hydrogen-bond donors (Lipinski definition) is 1. The highest BCUT2D eigenvalue weighted by atomic mass is 19.1. The average molecular weight is 530 g/mol. The van der Waals surface area contributed by atoms with E-state index in [2.05, 4.69) is 15.3 Å². The van der Waals surface area contributed by atoms with Crippen LogP contribution in [-0.2, 0) is 16.1 Å². The third-order valence-electron chi connectivity index (χ3n) is 8.41. The standard InChI is InChI=1S/C30H32FN5O3/c1-16(19-4-5-19)25(31)13-34-30(39)28-10-21-9-27(21)36(28)29(38)15-35-14-24(17(2)37)23-8-20(6-7-26(23)35)22-11-32-18(3)33-12-22/h6-8,11-12,14,19,21,27-28H,4-5,9-10,13,15H2,1-3H3,(H,34,39)/b25-16+/t21-,27-,28+/m1/s1. The van der Waals surface area contributed by atoms with E-state index in [-0.39, 0.29) is 42.6 Å². The number of hydrogen-bond acceptors (Lipinski definition) is 5. The zero-order chi connectivity index (χ0) is 27.4. The molecule has 1 N–H and O–H groups in total. The van der Waals surface area contributed by atoms with Crippen molar-refractivity contribution in [1.82, 2.24) is 24.8 Å². The summed E-state index contributed by atoms with van der Waals surface area (Å²) in [5, 5.41) is 3.48. The molecule has 6 rings (SSSR count). The van der Waals surface area contributed by atoms with Crippen molar-refractivity contribution in [3.05, 3.63) is 59.6 Å². The third-order valence-corrected chi connectivity index (χ3v) is 8.41. The average Bonchev–Trinajstić information content (AvgIpc) is 3.85. The van der Waals surface area contributed by atoms with Gasteiger partial charge in [-0.05, 0) is 81.6 Å². The normalized spacial score (nSPS) is 22.5. The van der Waals surface area contributed by atoms with Crippen LogP contribution >= 0.6 is 0 Å². The van der Waals surface area contributed by atoms with Gasteiger partial charge in [0.2, 0.25) is 11.8 Å². The van der Waals surface area contributed by atoms with E-state index in [0.29, 0.717) is 29.6 Å². The van der Waals surface area contributed by atoms with Crippen LogP contribution in [0.1, 0.15) is 55.7 Å². The van der Waals surface area contributed by atoms with Crippen LogP contribution in [0.15, 0.2) is 48.2 Å². The van der Waals surface area contributed by atoms with Crippen molar-refractivity contribution < 1.29 is 18.8 Å². The summed E-state index contributed by atoms with van der Waals surface area (Å²) < 4.78 is 16.3. The Hall–Kier alpha value is -3.88. The molecule has 0 bridgehead atoms. The molecule has 0 unspecified atom stereocenters. The molecule has 3 heterocycles. The van der Waals surface area contributed by atoms with Crippen LogP contribution in [0.4, 0.5) is 4.39 Å². The number of Topliss-reactive ketones (excluding diaryl/α,β-unsaturated/α-hetero) is 1. The first-order valence-electron chi connectivity index (χ1n) is 13.6. The number of halogens is 1. The molecule has 3 aromatic rings. The maximum Gasteiger partial charge on any atom is 0.243 e. The zero-order valence-electron chi connectivity index (χ0n) is 22.4. The Morgan fingerprint density at radius 1 is 1.08 bits per heavy atom. The minimum absolute atomic E-state index is 0.0127. The van der Waals surface area contributed by atoms with Crippen LogP contribution in [0, 0.1) is 18.8 Å². The largest absolute Gasteiger partial charge is 0.348 e. The number of piperidine rings is 1. The van der Waals surface area contributed by atoms with E-state index in [1.54, 1.807) is 35.0 Å². The first kappa shape index (κ1) is 25.4. The maximum atomic E-state index is 14.5. The highest BCUT2D eigenvalue weighted by Crippen LogP contribution is 2.48. The van der Waals surface area contributed by atoms with Gasteiger partial charge in [-0.25, -0.2) is 14.4 Å². The number of benzene rings is 1. The van der Waals surface area contributed by atoms with Crippen LogP contribution in [0.3, 0.4) is 0 Å². The number of carbonyl (C=O) groups is 3. The van der Waals surface area contributed by atoms with Crippen LogP contribution < -0.4 is 5.32 Å². The number of nitrogens with zero attached hydrogens (tertiary/aromatic N) is 4. The van der Waals surface area contributed by atoms with Crippen molar-refractivity contribution >= 4 is 28.5 Å². The monoisotopic (exact) mass is 529 g/mol. The summed E-state index contributed by atoms with van der Waals surface area (Å²) in [6.45, 7) is 5.00. The number of carbonyl (C=O) groups excluding carboxylic acids is 3. The van der Waals surface area contributed by atoms with Crippen molar-refractivity contribution in [3.63, 3.8) is 0 Å². The van der Waals surface area contributed by atoms with Crippen molar-refractivity contribution in [3.8, 4) is 11.1 Å². The molecule has 3 fully saturated rings. The summed E-state index contributed by atoms with van der Waals surface area (Å²) in [6, 6.07) is 5.20. The molecular formula is C30H32FN5O3. The van der Waals surface area contributed by atoms with Gasteiger partial charge in [-0.2, -0.15) is 0 Å². The first-order valence-corrected chi connectivity index (χ1v) is 13.6. The Bertz CT molecular complexity index is 1520. The quantitative estimate of drug-likeness (QED) is 0.437. The molecule has 39 heavy (non-hydrogen) atoms. The van der Waals surface area contributed by atoms with Crippen LogP contribution in [0.25, 0.3) is 22.0 Å². The van der Waals surface area contributed by atoms with Gasteiger partial charge in [0.1, 0.15) is 24.2 Å². The number of likely N-dealkylation sites (tertiary alicyclic amines) is 1. The van der Waals surface area contributed by atoms with E-state index in [4.69, 9.17) is 0 Å². The number of nitrogens with one attached hydrogen (secondary N) is 1. The van der Waals surface area contributed by atoms with Gasteiger partial charge >= 0.3 is 0 Å². The molecule has 1 aliphatic heterocycles. The smallest absolute Gasteiger partial charge is 0.243 e. The molecule has 2 aliphatic carbocycles. The fourth-order valence-electron chi connectivity index (χ4n) is 5.87. The maximum absolute atomic E-state index is 14.5. The van der Waals surface area contributed by atoms with Gasteiger partial charge in [-0.15, -0.1) is 0 Å². The predicted octanol–water partition coefficient (Wildman–Crippen LogP) is 4.37. The molecule has 2 saturated carbocycles. The van der Waals surface area contributed by atoms with Crippen molar-refractivity contribution in [2.24, 2.45) is 11.8 Å². The minimum atomic E-state index is -0.600. The number of aromatic nitrogens is 3. The van der Waals surface area contributed by atoms with E-state index in [1.165, 1.54) is 6.92 Å². The second-order valence-corrected chi connectivity index (χ2v) is 11.2. The molecule has 202 valence electrons. The SMILES string of the molecule is CC(=O)c1cn(CC(=O)N2[C@@H]3C[C@@H]3C[C@H]2C(=O)NC/C(F)=C(/C)C2CC2)c2ccc(-c3cnc(C)nc3)cc12. The molecule has 0 spiro atoms. The van der Waals surface area contributed by atoms with E-state index in [9.17, 15) is 18.8 Å². The minimum Gasteiger partial charge on any atom is -0.348 e. The van der Waals surface area contributed by atoms with Gasteiger partial charge in [0.15, 0.2) is 5.78 Å². The highest BCUT2D eigenvalue weighted by molar-refractivity contribution is 6.08. The molecule has 1 saturated heterocycles. The van der Waals surface area contributed by atoms with E-state index in [0.717, 1.165) is 46.9 Å². The summed E-state index contributed by atoms with van der Waals surface area (Å²) in [5.41, 5.74) is 3.73. The topological polar surface area (TPSA) is 97.2 Å². The Labute approximate surface area is 226 Å². The number of aryl methyl sites for hydroxylation is 1. The molecule has 9 heteroatoms. The van der Waals surface area contributed by atoms with E-state index >= 15 is 0 Å². The van der Waals surface area contributed by atoms with Crippen molar-refractivity contribution in [2.75, 3.05) is 6.54 Å². The lowest BCUT2D eigenvalue weighted by Crippen LogP contribution is -2.49. The molecule has 2 amide bonds. The Balaban J connectivity index is 1.22. The molecular weight excluding hydrogens is 497 g/mol. The molecule has 3 aliphatic rings. The van der Waals surface area contributed by atoms with Crippen molar-refractivity contribution in [2.45, 2.75) is 65.1 Å². The summed E-state index contributed by atoms with van der Waals surface area (Å²) in [7, 11) is 0. The lowest BCUT2D eigenvalue weighted by molar-refractivity contribution is -0.140. The third kappa shape index (κ3) is 4.86. The first-order chi connectivity index (χ1) is 18.7. The van der Waals surface area contributed by atoms with Gasteiger partial charge in [0, 0.05) is 46.7 Å².